The van der Waals surface area contributed by atoms with Crippen molar-refractivity contribution in [3.05, 3.63) is 101 Å². The first-order valence-corrected chi connectivity index (χ1v) is 20.3. The molecule has 2 aliphatic carbocycles. The molecular weight excluding hydrogens is 753 g/mol. The Kier molecular flexibility index (Phi) is 11.6. The zero-order valence-corrected chi connectivity index (χ0v) is 32.9. The third kappa shape index (κ3) is 8.61. The molecule has 3 heterocycles. The van der Waals surface area contributed by atoms with Crippen molar-refractivity contribution in [1.29, 1.82) is 0 Å². The van der Waals surface area contributed by atoms with Gasteiger partial charge in [-0.1, -0.05) is 6.07 Å². The zero-order chi connectivity index (χ0) is 41.0. The SMILES string of the molecule is [C-]#[N+]c1ccc(OC2CCC(NC(=O)c3ccc(OCCCCN(C)C4CC(Oc5ccc6c(c5)C(=O)N(C5CCC(=O)NC5=O)C6=O)C4)cc3)CC2)c2cccnc12. The van der Waals surface area contributed by atoms with Crippen molar-refractivity contribution < 1.29 is 38.2 Å². The second kappa shape index (κ2) is 17.3. The fourth-order valence-electron chi connectivity index (χ4n) is 8.35. The second-order valence-corrected chi connectivity index (χ2v) is 15.7. The van der Waals surface area contributed by atoms with Gasteiger partial charge in [-0.3, -0.25) is 39.2 Å². The average molecular weight is 799 g/mol. The predicted molar refractivity (Wildman–Crippen MR) is 216 cm³/mol. The molecule has 5 amide bonds. The van der Waals surface area contributed by atoms with E-state index in [1.165, 1.54) is 0 Å². The highest BCUT2D eigenvalue weighted by Crippen LogP contribution is 2.36. The molecule has 304 valence electrons. The summed E-state index contributed by atoms with van der Waals surface area (Å²) in [4.78, 5) is 74.3. The second-order valence-electron chi connectivity index (χ2n) is 15.7. The number of fused-ring (bicyclic) bond motifs is 2. The maximum Gasteiger partial charge on any atom is 0.262 e. The van der Waals surface area contributed by atoms with Gasteiger partial charge in [0, 0.05) is 48.5 Å². The minimum Gasteiger partial charge on any atom is -0.494 e. The summed E-state index contributed by atoms with van der Waals surface area (Å²) < 4.78 is 18.5. The number of pyridine rings is 1. The molecule has 1 unspecified atom stereocenters. The first kappa shape index (κ1) is 39.5. The van der Waals surface area contributed by atoms with Crippen LogP contribution in [0.4, 0.5) is 5.69 Å². The maximum absolute atomic E-state index is 13.1. The first-order chi connectivity index (χ1) is 28.6. The Hall–Kier alpha value is -6.33. The monoisotopic (exact) mass is 798 g/mol. The number of piperidine rings is 1. The van der Waals surface area contributed by atoms with E-state index in [1.807, 2.05) is 30.3 Å². The Morgan fingerprint density at radius 3 is 2.42 bits per heavy atom. The van der Waals surface area contributed by atoms with Gasteiger partial charge in [0.05, 0.1) is 35.9 Å². The molecule has 2 N–H and O–H groups in total. The Labute approximate surface area is 342 Å². The number of aromatic nitrogens is 1. The molecule has 59 heavy (non-hydrogen) atoms. The minimum absolute atomic E-state index is 0.0108. The Morgan fingerprint density at radius 1 is 0.898 bits per heavy atom. The molecule has 4 aliphatic rings. The van der Waals surface area contributed by atoms with Crippen LogP contribution in [0.1, 0.15) is 95.3 Å². The fourth-order valence-corrected chi connectivity index (χ4v) is 8.35. The van der Waals surface area contributed by atoms with Crippen LogP contribution in [0.5, 0.6) is 17.2 Å². The van der Waals surface area contributed by atoms with Crippen molar-refractivity contribution in [2.45, 2.75) is 94.5 Å². The van der Waals surface area contributed by atoms with Gasteiger partial charge in [-0.05, 0) is 119 Å². The van der Waals surface area contributed by atoms with Gasteiger partial charge in [0.25, 0.3) is 17.7 Å². The summed E-state index contributed by atoms with van der Waals surface area (Å²) in [6.07, 6.45) is 8.67. The van der Waals surface area contributed by atoms with Crippen molar-refractivity contribution in [3.63, 3.8) is 0 Å². The van der Waals surface area contributed by atoms with Gasteiger partial charge in [-0.2, -0.15) is 0 Å². The molecule has 1 aromatic heterocycles. The number of nitrogens with one attached hydrogen (secondary N) is 2. The molecule has 4 aromatic rings. The van der Waals surface area contributed by atoms with Crippen LogP contribution >= 0.6 is 0 Å². The molecule has 1 saturated heterocycles. The molecule has 0 spiro atoms. The molecule has 3 fully saturated rings. The van der Waals surface area contributed by atoms with E-state index >= 15 is 0 Å². The lowest BCUT2D eigenvalue weighted by atomic mass is 9.88. The molecule has 0 radical (unpaired) electrons. The van der Waals surface area contributed by atoms with Gasteiger partial charge in [0.15, 0.2) is 0 Å². The number of hydrogen-bond donors (Lipinski definition) is 2. The third-order valence-electron chi connectivity index (χ3n) is 11.8. The number of ether oxygens (including phenoxy) is 3. The van der Waals surface area contributed by atoms with Crippen molar-refractivity contribution in [2.75, 3.05) is 20.2 Å². The van der Waals surface area contributed by atoms with E-state index in [-0.39, 0.29) is 48.1 Å². The lowest BCUT2D eigenvalue weighted by molar-refractivity contribution is -0.136. The third-order valence-corrected chi connectivity index (χ3v) is 11.8. The molecule has 0 bridgehead atoms. The fraction of sp³-hybridized carbons (Fsp3) is 0.400. The number of amides is 5. The summed E-state index contributed by atoms with van der Waals surface area (Å²) in [7, 11) is 2.10. The van der Waals surface area contributed by atoms with E-state index in [9.17, 15) is 24.0 Å². The van der Waals surface area contributed by atoms with E-state index in [2.05, 4.69) is 32.4 Å². The lowest BCUT2D eigenvalue weighted by Crippen LogP contribution is -2.54. The highest BCUT2D eigenvalue weighted by molar-refractivity contribution is 6.23. The average Bonchev–Trinajstić information content (AvgIpc) is 3.47. The molecule has 14 nitrogen and oxygen atoms in total. The van der Waals surface area contributed by atoms with Gasteiger partial charge in [0.1, 0.15) is 29.4 Å². The number of nitrogens with zero attached hydrogens (tertiary/aromatic N) is 4. The zero-order valence-electron chi connectivity index (χ0n) is 32.9. The van der Waals surface area contributed by atoms with Crippen LogP contribution in [0, 0.1) is 6.57 Å². The standard InChI is InChI=1S/C45H46N6O8/c1-46-37-17-19-39(35-6-5-21-47-41(35)37)59-31-13-9-28(10-14-31)48-42(53)27-7-11-30(12-8-27)57-23-4-3-22-50(2)29-24-33(25-29)58-32-15-16-34-36(26-32)45(56)51(44(34)55)38-18-20-40(52)49-43(38)54/h5-8,11-12,15-17,19,21,26,28-29,31,33,38H,3-4,9-10,13-14,18,20,22-25H2,2H3,(H,48,53)(H,49,52,54). The summed E-state index contributed by atoms with van der Waals surface area (Å²) >= 11 is 0. The Morgan fingerprint density at radius 2 is 1.66 bits per heavy atom. The largest absolute Gasteiger partial charge is 0.494 e. The number of rotatable bonds is 14. The first-order valence-electron chi connectivity index (χ1n) is 20.3. The highest BCUT2D eigenvalue weighted by Gasteiger charge is 2.45. The summed E-state index contributed by atoms with van der Waals surface area (Å²) in [6.45, 7) is 8.89. The van der Waals surface area contributed by atoms with Gasteiger partial charge < -0.3 is 24.4 Å². The number of benzene rings is 3. The van der Waals surface area contributed by atoms with E-state index in [4.69, 9.17) is 20.8 Å². The topological polar surface area (TPSA) is 161 Å². The number of hydrogen-bond acceptors (Lipinski definition) is 10. The lowest BCUT2D eigenvalue weighted by Gasteiger charge is -2.41. The molecule has 2 saturated carbocycles. The molecule has 1 atom stereocenters. The van der Waals surface area contributed by atoms with Gasteiger partial charge in [-0.25, -0.2) is 4.85 Å². The Balaban J connectivity index is 0.705. The Bertz CT molecular complexity index is 2310. The van der Waals surface area contributed by atoms with Crippen LogP contribution < -0.4 is 24.8 Å². The molecule has 3 aromatic carbocycles. The quantitative estimate of drug-likeness (QED) is 0.0879. The van der Waals surface area contributed by atoms with Gasteiger partial charge >= 0.3 is 0 Å². The van der Waals surface area contributed by atoms with Crippen molar-refractivity contribution in [2.24, 2.45) is 0 Å². The summed E-state index contributed by atoms with van der Waals surface area (Å²) in [6, 6.07) is 18.9. The van der Waals surface area contributed by atoms with Gasteiger partial charge in [-0.15, -0.1) is 0 Å². The number of carbonyl (C=O) groups is 5. The number of imide groups is 2. The van der Waals surface area contributed by atoms with Crippen LogP contribution in [-0.4, -0.2) is 94.9 Å². The molecular formula is C45H46N6O8. The van der Waals surface area contributed by atoms with E-state index in [0.717, 1.165) is 79.7 Å². The van der Waals surface area contributed by atoms with Crippen molar-refractivity contribution in [3.8, 4) is 17.2 Å². The molecule has 8 rings (SSSR count). The van der Waals surface area contributed by atoms with Crippen LogP contribution in [-0.2, 0) is 9.59 Å². The van der Waals surface area contributed by atoms with Crippen LogP contribution in [0.25, 0.3) is 15.7 Å². The smallest absolute Gasteiger partial charge is 0.262 e. The summed E-state index contributed by atoms with van der Waals surface area (Å²) in [5.41, 5.74) is 2.19. The predicted octanol–water partition coefficient (Wildman–Crippen LogP) is 6.01. The highest BCUT2D eigenvalue weighted by atomic mass is 16.5. The summed E-state index contributed by atoms with van der Waals surface area (Å²) in [5.74, 6) is -0.265. The van der Waals surface area contributed by atoms with Crippen LogP contribution in [0.3, 0.4) is 0 Å². The summed E-state index contributed by atoms with van der Waals surface area (Å²) in [5, 5.41) is 6.23. The molecule has 2 aliphatic heterocycles. The van der Waals surface area contributed by atoms with Crippen molar-refractivity contribution >= 4 is 46.1 Å². The number of carbonyl (C=O) groups excluding carboxylic acids is 5. The normalized spacial score (nSPS) is 22.7. The van der Waals surface area contributed by atoms with E-state index in [1.54, 1.807) is 42.6 Å². The van der Waals surface area contributed by atoms with Gasteiger partial charge in [0.2, 0.25) is 17.5 Å². The maximum atomic E-state index is 13.1. The van der Waals surface area contributed by atoms with Crippen molar-refractivity contribution in [1.82, 2.24) is 25.4 Å². The minimum atomic E-state index is -1.00. The van der Waals surface area contributed by atoms with Crippen LogP contribution in [0.2, 0.25) is 0 Å². The number of unbranched alkanes of at least 4 members (excludes halogenated alkanes) is 1. The van der Waals surface area contributed by atoms with E-state index < -0.39 is 29.7 Å². The van der Waals surface area contributed by atoms with Crippen LogP contribution in [0.15, 0.2) is 72.9 Å². The molecule has 14 heteroatoms. The van der Waals surface area contributed by atoms with E-state index in [0.29, 0.717) is 35.2 Å².